The van der Waals surface area contributed by atoms with Crippen molar-refractivity contribution in [3.05, 3.63) is 0 Å². The molecule has 1 N–H and O–H groups in total. The van der Waals surface area contributed by atoms with E-state index < -0.39 is 6.09 Å². The van der Waals surface area contributed by atoms with E-state index in [0.717, 1.165) is 0 Å². The molecular formula is C4H8N2O2. The predicted molar refractivity (Wildman–Crippen MR) is 29.7 cm³/mol. The van der Waals surface area contributed by atoms with Crippen molar-refractivity contribution in [2.75, 3.05) is 7.05 Å². The fourth-order valence-corrected chi connectivity index (χ4v) is 0.219. The van der Waals surface area contributed by atoms with Crippen LogP contribution < -0.4 is 5.48 Å². The lowest BCUT2D eigenvalue weighted by molar-refractivity contribution is 0.113. The quantitative estimate of drug-likeness (QED) is 0.397. The zero-order valence-electron chi connectivity index (χ0n) is 4.84. The molecule has 4 nitrogen and oxygen atoms in total. The Morgan fingerprint density at radius 3 is 2.88 bits per heavy atom. The Bertz CT molecular complexity index is 100. The molecule has 0 bridgehead atoms. The number of amides is 1. The highest BCUT2D eigenvalue weighted by Crippen LogP contribution is 1.74. The molecule has 0 aromatic heterocycles. The molecule has 0 aromatic rings. The highest BCUT2D eigenvalue weighted by molar-refractivity contribution is 5.77. The van der Waals surface area contributed by atoms with E-state index in [1.54, 1.807) is 6.92 Å². The summed E-state index contributed by atoms with van der Waals surface area (Å²) in [5, 5.41) is 0. The van der Waals surface area contributed by atoms with Crippen LogP contribution in [0.15, 0.2) is 4.99 Å². The van der Waals surface area contributed by atoms with E-state index in [1.165, 1.54) is 13.3 Å². The summed E-state index contributed by atoms with van der Waals surface area (Å²) in [5.41, 5.74) is 2.19. The standard InChI is InChI=1S/C4H8N2O2/c1-3-6-4(7)8-5-2/h3,5H,1-2H3/b6-3-. The average Bonchev–Trinajstić information content (AvgIpc) is 1.68. The van der Waals surface area contributed by atoms with Crippen LogP contribution in [0.2, 0.25) is 0 Å². The third kappa shape index (κ3) is 3.30. The maximum absolute atomic E-state index is 10.2. The molecule has 1 amide bonds. The molecule has 0 aromatic carbocycles. The average molecular weight is 116 g/mol. The highest BCUT2D eigenvalue weighted by atomic mass is 16.7. The number of carbonyl (C=O) groups excluding carboxylic acids is 1. The molecule has 0 heterocycles. The van der Waals surface area contributed by atoms with Gasteiger partial charge >= 0.3 is 6.09 Å². The normalized spacial score (nSPS) is 9.75. The van der Waals surface area contributed by atoms with E-state index in [1.807, 2.05) is 0 Å². The van der Waals surface area contributed by atoms with Gasteiger partial charge in [-0.15, -0.1) is 0 Å². The summed E-state index contributed by atoms with van der Waals surface area (Å²) in [4.78, 5) is 17.6. The predicted octanol–water partition coefficient (Wildman–Crippen LogP) is 0.348. The second kappa shape index (κ2) is 4.26. The first-order valence-electron chi connectivity index (χ1n) is 2.17. The third-order valence-corrected chi connectivity index (χ3v) is 0.424. The zero-order valence-corrected chi connectivity index (χ0v) is 4.84. The largest absolute Gasteiger partial charge is 0.452 e. The Morgan fingerprint density at radius 2 is 2.50 bits per heavy atom. The van der Waals surface area contributed by atoms with Crippen molar-refractivity contribution in [2.45, 2.75) is 6.92 Å². The molecule has 0 rings (SSSR count). The van der Waals surface area contributed by atoms with Crippen molar-refractivity contribution < 1.29 is 9.63 Å². The minimum absolute atomic E-state index is 0.630. The number of hydrogen-bond acceptors (Lipinski definition) is 3. The van der Waals surface area contributed by atoms with Crippen molar-refractivity contribution in [3.8, 4) is 0 Å². The Labute approximate surface area is 47.5 Å². The first kappa shape index (κ1) is 7.10. The summed E-state index contributed by atoms with van der Waals surface area (Å²) >= 11 is 0. The van der Waals surface area contributed by atoms with Gasteiger partial charge in [-0.25, -0.2) is 4.79 Å². The van der Waals surface area contributed by atoms with Gasteiger partial charge in [-0.3, -0.25) is 0 Å². The van der Waals surface area contributed by atoms with E-state index in [0.29, 0.717) is 0 Å². The summed E-state index contributed by atoms with van der Waals surface area (Å²) in [7, 11) is 1.49. The monoisotopic (exact) mass is 116 g/mol. The molecule has 0 fully saturated rings. The SMILES string of the molecule is C/C=N\C(=O)ONC. The molecule has 4 heteroatoms. The van der Waals surface area contributed by atoms with Gasteiger partial charge in [0.2, 0.25) is 0 Å². The Kier molecular flexibility index (Phi) is 3.78. The minimum atomic E-state index is -0.630. The van der Waals surface area contributed by atoms with Crippen LogP contribution in [0.25, 0.3) is 0 Å². The second-order valence-electron chi connectivity index (χ2n) is 0.959. The first-order chi connectivity index (χ1) is 3.81. The number of hydrogen-bond donors (Lipinski definition) is 1. The number of nitrogens with zero attached hydrogens (tertiary/aromatic N) is 1. The van der Waals surface area contributed by atoms with E-state index in [9.17, 15) is 4.79 Å². The smallest absolute Gasteiger partial charge is 0.353 e. The molecule has 46 valence electrons. The van der Waals surface area contributed by atoms with Gasteiger partial charge in [0.05, 0.1) is 0 Å². The van der Waals surface area contributed by atoms with Crippen LogP contribution in [0, 0.1) is 0 Å². The van der Waals surface area contributed by atoms with Crippen LogP contribution in [-0.2, 0) is 4.84 Å². The van der Waals surface area contributed by atoms with Crippen LogP contribution in [0.5, 0.6) is 0 Å². The Balaban J connectivity index is 3.33. The molecule has 8 heavy (non-hydrogen) atoms. The number of hydroxylamine groups is 1. The van der Waals surface area contributed by atoms with Gasteiger partial charge in [-0.1, -0.05) is 0 Å². The number of rotatable bonds is 1. The highest BCUT2D eigenvalue weighted by Gasteiger charge is 1.90. The molecule has 0 unspecified atom stereocenters. The Morgan fingerprint density at radius 1 is 1.88 bits per heavy atom. The van der Waals surface area contributed by atoms with Gasteiger partial charge in [0.25, 0.3) is 0 Å². The van der Waals surface area contributed by atoms with Gasteiger partial charge in [-0.2, -0.15) is 10.5 Å². The van der Waals surface area contributed by atoms with Gasteiger partial charge in [0.1, 0.15) is 0 Å². The molecule has 0 atom stereocenters. The van der Waals surface area contributed by atoms with Crippen LogP contribution in [0.3, 0.4) is 0 Å². The van der Waals surface area contributed by atoms with Gasteiger partial charge in [-0.05, 0) is 6.92 Å². The van der Waals surface area contributed by atoms with Crippen LogP contribution >= 0.6 is 0 Å². The third-order valence-electron chi connectivity index (χ3n) is 0.424. The molecule has 0 radical (unpaired) electrons. The Hall–Kier alpha value is -0.900. The lowest BCUT2D eigenvalue weighted by atomic mass is 10.9. The topological polar surface area (TPSA) is 50.7 Å². The van der Waals surface area contributed by atoms with E-state index in [2.05, 4.69) is 15.3 Å². The maximum Gasteiger partial charge on any atom is 0.452 e. The summed E-state index contributed by atoms with van der Waals surface area (Å²) in [6.07, 6.45) is 0.731. The van der Waals surface area contributed by atoms with Crippen molar-refractivity contribution >= 4 is 12.3 Å². The molecule has 0 aliphatic rings. The van der Waals surface area contributed by atoms with Gasteiger partial charge in [0.15, 0.2) is 0 Å². The van der Waals surface area contributed by atoms with Crippen LogP contribution in [0.1, 0.15) is 6.92 Å². The van der Waals surface area contributed by atoms with Crippen molar-refractivity contribution in [1.29, 1.82) is 0 Å². The van der Waals surface area contributed by atoms with Crippen molar-refractivity contribution in [2.24, 2.45) is 4.99 Å². The summed E-state index contributed by atoms with van der Waals surface area (Å²) in [6, 6.07) is 0. The first-order valence-corrected chi connectivity index (χ1v) is 2.17. The van der Waals surface area contributed by atoms with E-state index >= 15 is 0 Å². The summed E-state index contributed by atoms with van der Waals surface area (Å²) in [5.74, 6) is 0. The number of nitrogens with one attached hydrogen (secondary N) is 1. The lowest BCUT2D eigenvalue weighted by Crippen LogP contribution is -2.11. The fraction of sp³-hybridized carbons (Fsp3) is 0.500. The molecule has 0 aliphatic heterocycles. The van der Waals surface area contributed by atoms with Crippen molar-refractivity contribution in [3.63, 3.8) is 0 Å². The second-order valence-corrected chi connectivity index (χ2v) is 0.959. The number of carbonyl (C=O) groups is 1. The van der Waals surface area contributed by atoms with E-state index in [4.69, 9.17) is 0 Å². The molecule has 0 saturated heterocycles. The van der Waals surface area contributed by atoms with Crippen molar-refractivity contribution in [1.82, 2.24) is 5.48 Å². The molecule has 0 spiro atoms. The van der Waals surface area contributed by atoms with Crippen LogP contribution in [-0.4, -0.2) is 19.4 Å². The maximum atomic E-state index is 10.2. The summed E-state index contributed by atoms with van der Waals surface area (Å²) in [6.45, 7) is 1.64. The molecule has 0 aliphatic carbocycles. The molecular weight excluding hydrogens is 108 g/mol. The van der Waals surface area contributed by atoms with E-state index in [-0.39, 0.29) is 0 Å². The van der Waals surface area contributed by atoms with Gasteiger partial charge < -0.3 is 4.84 Å². The minimum Gasteiger partial charge on any atom is -0.353 e. The molecule has 0 saturated carbocycles. The zero-order chi connectivity index (χ0) is 6.41. The lowest BCUT2D eigenvalue weighted by Gasteiger charge is -1.91. The summed E-state index contributed by atoms with van der Waals surface area (Å²) < 4.78 is 0. The fourth-order valence-electron chi connectivity index (χ4n) is 0.219. The number of aliphatic imine (C=N–C) groups is 1. The van der Waals surface area contributed by atoms with Crippen LogP contribution in [0.4, 0.5) is 4.79 Å². The van der Waals surface area contributed by atoms with Gasteiger partial charge in [0, 0.05) is 13.3 Å².